The van der Waals surface area contributed by atoms with Gasteiger partial charge in [-0.15, -0.1) is 0 Å². The van der Waals surface area contributed by atoms with Crippen LogP contribution < -0.4 is 15.4 Å². The largest absolute Gasteiger partial charge is 0.494 e. The van der Waals surface area contributed by atoms with Gasteiger partial charge in [-0.25, -0.2) is 0 Å². The highest BCUT2D eigenvalue weighted by atomic mass is 16.5. The fourth-order valence-corrected chi connectivity index (χ4v) is 7.20. The molecule has 1 aromatic heterocycles. The number of hydrogen-bond donors (Lipinski definition) is 2. The lowest BCUT2D eigenvalue weighted by atomic mass is 9.49. The van der Waals surface area contributed by atoms with E-state index in [9.17, 15) is 9.59 Å². The first-order valence-electron chi connectivity index (χ1n) is 12.3. The van der Waals surface area contributed by atoms with Crippen LogP contribution in [-0.4, -0.2) is 18.9 Å². The fourth-order valence-electron chi connectivity index (χ4n) is 7.20. The average Bonchev–Trinajstić information content (AvgIpc) is 3.23. The normalized spacial score (nSPS) is 27.0. The maximum atomic E-state index is 13.0. The lowest BCUT2D eigenvalue weighted by molar-refractivity contribution is -0.124. The van der Waals surface area contributed by atoms with Gasteiger partial charge in [-0.2, -0.15) is 0 Å². The second-order valence-electron chi connectivity index (χ2n) is 10.7. The van der Waals surface area contributed by atoms with Crippen LogP contribution in [0.3, 0.4) is 0 Å². The number of methoxy groups -OCH3 is 1. The van der Waals surface area contributed by atoms with Crippen LogP contribution in [0.1, 0.15) is 55.5 Å². The molecule has 4 saturated carbocycles. The van der Waals surface area contributed by atoms with Crippen molar-refractivity contribution in [2.24, 2.45) is 23.2 Å². The van der Waals surface area contributed by atoms with Crippen molar-refractivity contribution in [1.29, 1.82) is 0 Å². The predicted molar refractivity (Wildman–Crippen MR) is 131 cm³/mol. The summed E-state index contributed by atoms with van der Waals surface area (Å²) < 4.78 is 11.2. The Morgan fingerprint density at radius 3 is 2.35 bits per heavy atom. The summed E-state index contributed by atoms with van der Waals surface area (Å²) >= 11 is 0. The van der Waals surface area contributed by atoms with Crippen molar-refractivity contribution < 1.29 is 18.7 Å². The molecule has 6 nitrogen and oxygen atoms in total. The Hall–Kier alpha value is -3.28. The number of nitrogens with one attached hydrogen (secondary N) is 2. The van der Waals surface area contributed by atoms with Gasteiger partial charge in [0.1, 0.15) is 11.3 Å². The van der Waals surface area contributed by atoms with Crippen LogP contribution in [0.4, 0.5) is 11.4 Å². The van der Waals surface area contributed by atoms with Crippen LogP contribution in [0.15, 0.2) is 52.9 Å². The van der Waals surface area contributed by atoms with Crippen LogP contribution in [0.25, 0.3) is 11.0 Å². The quantitative estimate of drug-likeness (QED) is 0.458. The highest BCUT2D eigenvalue weighted by Gasteiger charge is 2.51. The summed E-state index contributed by atoms with van der Waals surface area (Å²) in [5, 5.41) is 6.80. The number of rotatable bonds is 6. The van der Waals surface area contributed by atoms with E-state index in [1.807, 2.05) is 24.3 Å². The number of furan rings is 1. The van der Waals surface area contributed by atoms with Crippen molar-refractivity contribution in [3.8, 4) is 5.75 Å². The summed E-state index contributed by atoms with van der Waals surface area (Å²) in [6, 6.07) is 14.5. The third-order valence-electron chi connectivity index (χ3n) is 8.08. The van der Waals surface area contributed by atoms with Crippen LogP contribution in [-0.2, 0) is 4.79 Å². The summed E-state index contributed by atoms with van der Waals surface area (Å²) in [4.78, 5) is 25.7. The SMILES string of the molecule is COc1cc(NC(=O)CC23CC4CC(CC(C4)C2)C3)ccc1NC(=O)c1cc2ccccc2o1. The number of hydrogen-bond acceptors (Lipinski definition) is 4. The zero-order valence-electron chi connectivity index (χ0n) is 19.4. The van der Waals surface area contributed by atoms with Crippen LogP contribution >= 0.6 is 0 Å². The molecule has 4 fully saturated rings. The van der Waals surface area contributed by atoms with Crippen molar-refractivity contribution in [3.05, 3.63) is 54.3 Å². The van der Waals surface area contributed by atoms with Gasteiger partial charge < -0.3 is 19.8 Å². The molecule has 2 N–H and O–H groups in total. The van der Waals surface area contributed by atoms with Gasteiger partial charge in [0.15, 0.2) is 5.76 Å². The molecule has 0 aliphatic heterocycles. The van der Waals surface area contributed by atoms with Crippen molar-refractivity contribution in [2.75, 3.05) is 17.7 Å². The van der Waals surface area contributed by atoms with Gasteiger partial charge in [-0.3, -0.25) is 9.59 Å². The van der Waals surface area contributed by atoms with Gasteiger partial charge in [0.25, 0.3) is 5.91 Å². The summed E-state index contributed by atoms with van der Waals surface area (Å²) in [7, 11) is 1.55. The molecule has 0 saturated heterocycles. The highest BCUT2D eigenvalue weighted by molar-refractivity contribution is 6.05. The molecule has 7 rings (SSSR count). The molecule has 4 aliphatic rings. The number of fused-ring (bicyclic) bond motifs is 1. The number of carbonyl (C=O) groups excluding carboxylic acids is 2. The van der Waals surface area contributed by atoms with E-state index in [1.54, 1.807) is 31.4 Å². The first kappa shape index (κ1) is 21.3. The molecular weight excluding hydrogens is 428 g/mol. The Morgan fingerprint density at radius 2 is 1.68 bits per heavy atom. The van der Waals surface area contributed by atoms with Gasteiger partial charge in [-0.1, -0.05) is 18.2 Å². The van der Waals surface area contributed by atoms with Gasteiger partial charge in [-0.05, 0) is 86.0 Å². The number of benzene rings is 2. The number of amides is 2. The first-order chi connectivity index (χ1) is 16.5. The molecule has 0 unspecified atom stereocenters. The van der Waals surface area contributed by atoms with Crippen LogP contribution in [0.5, 0.6) is 5.75 Å². The molecule has 2 amide bonds. The highest BCUT2D eigenvalue weighted by Crippen LogP contribution is 2.61. The van der Waals surface area contributed by atoms with Crippen molar-refractivity contribution in [2.45, 2.75) is 44.9 Å². The monoisotopic (exact) mass is 458 g/mol. The zero-order valence-corrected chi connectivity index (χ0v) is 19.4. The number of ether oxygens (including phenoxy) is 1. The van der Waals surface area contributed by atoms with E-state index < -0.39 is 0 Å². The molecule has 3 aromatic rings. The van der Waals surface area contributed by atoms with Crippen LogP contribution in [0, 0.1) is 23.2 Å². The van der Waals surface area contributed by atoms with Crippen molar-refractivity contribution >= 4 is 34.2 Å². The van der Waals surface area contributed by atoms with Crippen molar-refractivity contribution in [3.63, 3.8) is 0 Å². The minimum atomic E-state index is -0.354. The Bertz CT molecular complexity index is 1190. The predicted octanol–water partition coefficient (Wildman–Crippen LogP) is 6.24. The molecule has 1 heterocycles. The Balaban J connectivity index is 1.13. The number of anilines is 2. The molecule has 0 atom stereocenters. The molecule has 176 valence electrons. The minimum absolute atomic E-state index is 0.0723. The van der Waals surface area contributed by atoms with E-state index >= 15 is 0 Å². The topological polar surface area (TPSA) is 80.6 Å². The molecule has 0 radical (unpaired) electrons. The third kappa shape index (κ3) is 3.95. The first-order valence-corrected chi connectivity index (χ1v) is 12.3. The van der Waals surface area contributed by atoms with Gasteiger partial charge >= 0.3 is 0 Å². The molecule has 6 heteroatoms. The van der Waals surface area contributed by atoms with Gasteiger partial charge in [0.05, 0.1) is 12.8 Å². The molecule has 4 aliphatic carbocycles. The standard InChI is InChI=1S/C28H30N2O4/c1-33-24-12-21(29-26(31)16-28-13-17-8-18(14-28)10-19(9-17)15-28)6-7-22(24)30-27(32)25-11-20-4-2-3-5-23(20)34-25/h2-7,11-12,17-19H,8-10,13-16H2,1H3,(H,29,31)(H,30,32). The second-order valence-corrected chi connectivity index (χ2v) is 10.7. The Morgan fingerprint density at radius 1 is 0.971 bits per heavy atom. The maximum Gasteiger partial charge on any atom is 0.291 e. The summed E-state index contributed by atoms with van der Waals surface area (Å²) in [5.74, 6) is 2.92. The number of carbonyl (C=O) groups is 2. The summed E-state index contributed by atoms with van der Waals surface area (Å²) in [6.45, 7) is 0. The van der Waals surface area contributed by atoms with E-state index in [0.717, 1.165) is 23.1 Å². The smallest absolute Gasteiger partial charge is 0.291 e. The van der Waals surface area contributed by atoms with E-state index in [-0.39, 0.29) is 23.0 Å². The minimum Gasteiger partial charge on any atom is -0.494 e. The molecule has 0 spiro atoms. The third-order valence-corrected chi connectivity index (χ3v) is 8.08. The van der Waals surface area contributed by atoms with E-state index in [2.05, 4.69) is 10.6 Å². The van der Waals surface area contributed by atoms with E-state index in [1.165, 1.54) is 38.5 Å². The van der Waals surface area contributed by atoms with Crippen molar-refractivity contribution in [1.82, 2.24) is 0 Å². The van der Waals surface area contributed by atoms with Crippen LogP contribution in [0.2, 0.25) is 0 Å². The summed E-state index contributed by atoms with van der Waals surface area (Å²) in [6.07, 6.45) is 8.36. The maximum absolute atomic E-state index is 13.0. The summed E-state index contributed by atoms with van der Waals surface area (Å²) in [5.41, 5.74) is 2.06. The van der Waals surface area contributed by atoms with E-state index in [4.69, 9.17) is 9.15 Å². The fraction of sp³-hybridized carbons (Fsp3) is 0.429. The lowest BCUT2D eigenvalue weighted by Gasteiger charge is -2.56. The Labute approximate surface area is 199 Å². The zero-order chi connectivity index (χ0) is 23.3. The van der Waals surface area contributed by atoms with E-state index in [0.29, 0.717) is 29.1 Å². The molecule has 4 bridgehead atoms. The van der Waals surface area contributed by atoms with Gasteiger partial charge in [0, 0.05) is 23.6 Å². The Kier molecular flexibility index (Phi) is 5.12. The number of para-hydroxylation sites is 1. The molecule has 34 heavy (non-hydrogen) atoms. The lowest BCUT2D eigenvalue weighted by Crippen LogP contribution is -2.47. The second kappa shape index (κ2) is 8.19. The van der Waals surface area contributed by atoms with Gasteiger partial charge in [0.2, 0.25) is 5.91 Å². The molecular formula is C28H30N2O4. The average molecular weight is 459 g/mol. The molecule has 2 aromatic carbocycles.